The molecule has 0 aliphatic heterocycles. The third-order valence-electron chi connectivity index (χ3n) is 4.33. The zero-order chi connectivity index (χ0) is 19.3. The van der Waals surface area contributed by atoms with E-state index in [4.69, 9.17) is 0 Å². The number of carbonyl (C=O) groups excluding carboxylic acids is 2. The summed E-state index contributed by atoms with van der Waals surface area (Å²) in [7, 11) is 0. The van der Waals surface area contributed by atoms with Gasteiger partial charge in [-0.2, -0.15) is 0 Å². The van der Waals surface area contributed by atoms with Crippen molar-refractivity contribution in [1.82, 2.24) is 10.6 Å². The van der Waals surface area contributed by atoms with Crippen LogP contribution in [0.25, 0.3) is 0 Å². The molecule has 0 bridgehead atoms. The fourth-order valence-corrected chi connectivity index (χ4v) is 3.16. The molecule has 0 aromatic heterocycles. The molecule has 5 heteroatoms. The number of nitrogens with one attached hydrogen (secondary N) is 2. The van der Waals surface area contributed by atoms with Crippen molar-refractivity contribution in [2.24, 2.45) is 5.92 Å². The van der Waals surface area contributed by atoms with E-state index in [0.717, 1.165) is 15.6 Å². The lowest BCUT2D eigenvalue weighted by molar-refractivity contribution is -0.124. The highest BCUT2D eigenvalue weighted by Crippen LogP contribution is 2.18. The van der Waals surface area contributed by atoms with Gasteiger partial charge in [0.1, 0.15) is 6.04 Å². The number of rotatable bonds is 6. The van der Waals surface area contributed by atoms with Crippen LogP contribution >= 0.6 is 15.9 Å². The minimum absolute atomic E-state index is 0.0299. The molecule has 2 unspecified atom stereocenters. The number of carbonyl (C=O) groups is 2. The average molecular weight is 417 g/mol. The van der Waals surface area contributed by atoms with E-state index in [1.54, 1.807) is 6.07 Å². The zero-order valence-electron chi connectivity index (χ0n) is 15.5. The second-order valence-electron chi connectivity index (χ2n) is 6.80. The van der Waals surface area contributed by atoms with Crippen LogP contribution in [-0.4, -0.2) is 17.9 Å². The highest BCUT2D eigenvalue weighted by atomic mass is 79.9. The zero-order valence-corrected chi connectivity index (χ0v) is 17.1. The number of benzene rings is 2. The van der Waals surface area contributed by atoms with E-state index in [2.05, 4.69) is 26.6 Å². The molecule has 0 fully saturated rings. The number of hydrogen-bond donors (Lipinski definition) is 2. The van der Waals surface area contributed by atoms with Gasteiger partial charge in [-0.25, -0.2) is 0 Å². The van der Waals surface area contributed by atoms with Crippen LogP contribution in [0.2, 0.25) is 0 Å². The first-order chi connectivity index (χ1) is 12.3. The van der Waals surface area contributed by atoms with Gasteiger partial charge >= 0.3 is 0 Å². The molecular weight excluding hydrogens is 392 g/mol. The van der Waals surface area contributed by atoms with Crippen molar-refractivity contribution in [3.8, 4) is 0 Å². The lowest BCUT2D eigenvalue weighted by atomic mass is 10.0. The molecule has 2 amide bonds. The molecule has 4 nitrogen and oxygen atoms in total. The van der Waals surface area contributed by atoms with E-state index < -0.39 is 6.04 Å². The predicted octanol–water partition coefficient (Wildman–Crippen LogP) is 4.39. The second-order valence-corrected chi connectivity index (χ2v) is 7.71. The molecule has 138 valence electrons. The van der Waals surface area contributed by atoms with E-state index in [0.29, 0.717) is 5.56 Å². The van der Waals surface area contributed by atoms with E-state index in [9.17, 15) is 9.59 Å². The van der Waals surface area contributed by atoms with Crippen LogP contribution in [-0.2, 0) is 4.79 Å². The van der Waals surface area contributed by atoms with E-state index >= 15 is 0 Å². The van der Waals surface area contributed by atoms with E-state index in [1.165, 1.54) is 0 Å². The molecule has 2 atom stereocenters. The Labute approximate surface area is 163 Å². The lowest BCUT2D eigenvalue weighted by Gasteiger charge is -2.24. The van der Waals surface area contributed by atoms with E-state index in [-0.39, 0.29) is 23.8 Å². The molecule has 0 aliphatic carbocycles. The molecule has 2 aromatic carbocycles. The Balaban J connectivity index is 2.10. The summed E-state index contributed by atoms with van der Waals surface area (Å²) in [5, 5.41) is 5.88. The molecule has 26 heavy (non-hydrogen) atoms. The van der Waals surface area contributed by atoms with Gasteiger partial charge in [0.25, 0.3) is 5.91 Å². The highest BCUT2D eigenvalue weighted by molar-refractivity contribution is 9.10. The maximum absolute atomic E-state index is 12.8. The van der Waals surface area contributed by atoms with Crippen LogP contribution in [0.15, 0.2) is 53.0 Å². The van der Waals surface area contributed by atoms with Gasteiger partial charge in [0.2, 0.25) is 5.91 Å². The van der Waals surface area contributed by atoms with Crippen LogP contribution in [0, 0.1) is 12.8 Å². The maximum Gasteiger partial charge on any atom is 0.252 e. The molecule has 0 spiro atoms. The van der Waals surface area contributed by atoms with Gasteiger partial charge in [0, 0.05) is 10.0 Å². The van der Waals surface area contributed by atoms with Crippen LogP contribution in [0.4, 0.5) is 0 Å². The van der Waals surface area contributed by atoms with E-state index in [1.807, 2.05) is 70.2 Å². The largest absolute Gasteiger partial charge is 0.348 e. The van der Waals surface area contributed by atoms with Gasteiger partial charge in [-0.05, 0) is 49.1 Å². The van der Waals surface area contributed by atoms with Crippen LogP contribution in [0.3, 0.4) is 0 Å². The summed E-state index contributed by atoms with van der Waals surface area (Å²) in [5.41, 5.74) is 2.47. The standard InChI is InChI=1S/C21H25BrN2O2/c1-13(2)19(24-20(25)18-11-6-5-8-14(18)3)21(26)23-15(4)16-9-7-10-17(22)12-16/h5-13,15,19H,1-4H3,(H,23,26)(H,24,25). The third-order valence-corrected chi connectivity index (χ3v) is 4.83. The smallest absolute Gasteiger partial charge is 0.252 e. The van der Waals surface area contributed by atoms with Gasteiger partial charge < -0.3 is 10.6 Å². The second kappa shape index (κ2) is 8.99. The van der Waals surface area contributed by atoms with Crippen molar-refractivity contribution in [2.45, 2.75) is 39.8 Å². The first kappa shape index (κ1) is 20.2. The molecule has 0 heterocycles. The Morgan fingerprint density at radius 2 is 1.65 bits per heavy atom. The Morgan fingerprint density at radius 3 is 2.27 bits per heavy atom. The first-order valence-corrected chi connectivity index (χ1v) is 9.51. The number of hydrogen-bond acceptors (Lipinski definition) is 2. The summed E-state index contributed by atoms with van der Waals surface area (Å²) >= 11 is 3.44. The first-order valence-electron chi connectivity index (χ1n) is 8.72. The van der Waals surface area contributed by atoms with Crippen molar-refractivity contribution in [1.29, 1.82) is 0 Å². The van der Waals surface area contributed by atoms with Crippen LogP contribution < -0.4 is 10.6 Å². The fraction of sp³-hybridized carbons (Fsp3) is 0.333. The molecule has 2 N–H and O–H groups in total. The molecular formula is C21H25BrN2O2. The maximum atomic E-state index is 12.8. The summed E-state index contributed by atoms with van der Waals surface area (Å²) in [6, 6.07) is 14.4. The topological polar surface area (TPSA) is 58.2 Å². The quantitative estimate of drug-likeness (QED) is 0.733. The number of halogens is 1. The van der Waals surface area contributed by atoms with Crippen molar-refractivity contribution in [2.75, 3.05) is 0 Å². The molecule has 0 radical (unpaired) electrons. The third kappa shape index (κ3) is 5.18. The predicted molar refractivity (Wildman–Crippen MR) is 108 cm³/mol. The SMILES string of the molecule is Cc1ccccc1C(=O)NC(C(=O)NC(C)c1cccc(Br)c1)C(C)C. The fourth-order valence-electron chi connectivity index (χ4n) is 2.74. The Kier molecular flexibility index (Phi) is 6.98. The van der Waals surface area contributed by atoms with Crippen molar-refractivity contribution < 1.29 is 9.59 Å². The van der Waals surface area contributed by atoms with Crippen LogP contribution in [0.5, 0.6) is 0 Å². The molecule has 0 aliphatic rings. The van der Waals surface area contributed by atoms with Gasteiger partial charge in [0.15, 0.2) is 0 Å². The molecule has 2 aromatic rings. The molecule has 2 rings (SSSR count). The Bertz CT molecular complexity index is 789. The van der Waals surface area contributed by atoms with Crippen molar-refractivity contribution in [3.63, 3.8) is 0 Å². The Hall–Kier alpha value is -2.14. The minimum Gasteiger partial charge on any atom is -0.348 e. The van der Waals surface area contributed by atoms with Crippen LogP contribution in [0.1, 0.15) is 48.3 Å². The van der Waals surface area contributed by atoms with Gasteiger partial charge in [-0.1, -0.05) is 60.1 Å². The summed E-state index contributed by atoms with van der Waals surface area (Å²) in [6.07, 6.45) is 0. The summed E-state index contributed by atoms with van der Waals surface area (Å²) in [6.45, 7) is 7.66. The minimum atomic E-state index is -0.600. The summed E-state index contributed by atoms with van der Waals surface area (Å²) < 4.78 is 0.962. The highest BCUT2D eigenvalue weighted by Gasteiger charge is 2.26. The summed E-state index contributed by atoms with van der Waals surface area (Å²) in [4.78, 5) is 25.4. The molecule has 0 saturated heterocycles. The molecule has 0 saturated carbocycles. The average Bonchev–Trinajstić information content (AvgIpc) is 2.59. The number of amides is 2. The van der Waals surface area contributed by atoms with Gasteiger partial charge in [-0.3, -0.25) is 9.59 Å². The summed E-state index contributed by atoms with van der Waals surface area (Å²) in [5.74, 6) is -0.445. The van der Waals surface area contributed by atoms with Crippen molar-refractivity contribution in [3.05, 3.63) is 69.7 Å². The van der Waals surface area contributed by atoms with Gasteiger partial charge in [0.05, 0.1) is 6.04 Å². The van der Waals surface area contributed by atoms with Gasteiger partial charge in [-0.15, -0.1) is 0 Å². The lowest BCUT2D eigenvalue weighted by Crippen LogP contribution is -2.50. The Morgan fingerprint density at radius 1 is 0.962 bits per heavy atom. The normalized spacial score (nSPS) is 13.2. The number of aryl methyl sites for hydroxylation is 1. The monoisotopic (exact) mass is 416 g/mol. The van der Waals surface area contributed by atoms with Crippen molar-refractivity contribution >= 4 is 27.7 Å².